The molecule has 1 atom stereocenters. The first-order valence-electron chi connectivity index (χ1n) is 12.0. The fourth-order valence-electron chi connectivity index (χ4n) is 5.00. The number of carbonyl (C=O) groups is 4. The lowest BCUT2D eigenvalue weighted by molar-refractivity contribution is -0.132. The number of thioether (sulfide) groups is 1. The van der Waals surface area contributed by atoms with Crippen LogP contribution in [0.4, 0.5) is 0 Å². The topological polar surface area (TPSA) is 95.6 Å². The highest BCUT2D eigenvalue weighted by atomic mass is 35.5. The zero-order valence-electron chi connectivity index (χ0n) is 20.1. The van der Waals surface area contributed by atoms with E-state index in [1.54, 1.807) is 48.5 Å². The quantitative estimate of drug-likeness (QED) is 0.559. The Morgan fingerprint density at radius 2 is 1.59 bits per heavy atom. The Morgan fingerprint density at radius 1 is 0.946 bits per heavy atom. The van der Waals surface area contributed by atoms with Crippen LogP contribution in [0.2, 0.25) is 5.02 Å². The van der Waals surface area contributed by atoms with E-state index in [0.717, 1.165) is 49.7 Å². The lowest BCUT2D eigenvalue weighted by atomic mass is 9.79. The minimum atomic E-state index is -1.64. The molecular formula is C27H27Cl2N3O4S. The highest BCUT2D eigenvalue weighted by Gasteiger charge is 2.55. The molecule has 2 amide bonds. The summed E-state index contributed by atoms with van der Waals surface area (Å²) in [7, 11) is 0. The molecule has 0 radical (unpaired) electrons. The van der Waals surface area contributed by atoms with Crippen molar-refractivity contribution >= 4 is 59.2 Å². The third-order valence-electron chi connectivity index (χ3n) is 6.86. The van der Waals surface area contributed by atoms with Crippen molar-refractivity contribution in [3.05, 3.63) is 80.7 Å². The van der Waals surface area contributed by atoms with Crippen molar-refractivity contribution in [2.45, 2.75) is 31.3 Å². The normalized spacial score (nSPS) is 21.1. The molecule has 3 aliphatic rings. The number of Topliss-reactive ketones (excluding diaryl/α,β-unsaturated/α-hetero) is 2. The predicted molar refractivity (Wildman–Crippen MR) is 146 cm³/mol. The molecule has 194 valence electrons. The second-order valence-electron chi connectivity index (χ2n) is 9.30. The molecule has 0 saturated carbocycles. The molecule has 1 aliphatic carbocycles. The van der Waals surface area contributed by atoms with Gasteiger partial charge in [0.25, 0.3) is 5.91 Å². The third kappa shape index (κ3) is 5.34. The zero-order valence-corrected chi connectivity index (χ0v) is 22.4. The number of nitrogens with zero attached hydrogens (tertiary/aromatic N) is 1. The molecule has 2 aromatic carbocycles. The fraction of sp³-hybridized carbons (Fsp3) is 0.333. The number of likely N-dealkylation sites (tertiary alicyclic amines) is 1. The standard InChI is InChI=1S/C27H26ClN3O4S.ClH/c28-18-10-8-17(9-11-18)14-29-26(35)27(30-21(32)15-31-12-4-1-5-13-31)16-36-25-22(27)23(33)19-6-2-3-7-20(19)24(25)34;/h2-3,6-11H,1,4-5,12-16H2,(H,29,35)(H,30,32);1H/t27-;/m1./s1. The molecule has 5 rings (SSSR count). The molecule has 0 unspecified atom stereocenters. The van der Waals surface area contributed by atoms with E-state index in [0.29, 0.717) is 10.6 Å². The first-order chi connectivity index (χ1) is 17.4. The summed E-state index contributed by atoms with van der Waals surface area (Å²) in [6, 6.07) is 13.7. The Bertz CT molecular complexity index is 1270. The van der Waals surface area contributed by atoms with Crippen LogP contribution in [0.1, 0.15) is 45.5 Å². The average molecular weight is 561 g/mol. The van der Waals surface area contributed by atoms with E-state index in [-0.39, 0.29) is 59.0 Å². The number of halogens is 2. The van der Waals surface area contributed by atoms with Crippen LogP contribution < -0.4 is 10.6 Å². The van der Waals surface area contributed by atoms with Crippen LogP contribution in [0.5, 0.6) is 0 Å². The number of rotatable bonds is 6. The van der Waals surface area contributed by atoms with Gasteiger partial charge < -0.3 is 10.6 Å². The number of carbonyl (C=O) groups excluding carboxylic acids is 4. The summed E-state index contributed by atoms with van der Waals surface area (Å²) in [6.07, 6.45) is 3.18. The van der Waals surface area contributed by atoms with Gasteiger partial charge >= 0.3 is 0 Å². The fourth-order valence-corrected chi connectivity index (χ4v) is 6.49. The SMILES string of the molecule is Cl.O=C(CN1CCCCC1)N[C@]1(C(=O)NCc2ccc(Cl)cc2)CSC2=C1C(=O)c1ccccc1C2=O. The second kappa shape index (κ2) is 11.4. The number of nitrogens with one attached hydrogen (secondary N) is 2. The Balaban J connectivity index is 0.00000320. The Kier molecular flexibility index (Phi) is 8.43. The van der Waals surface area contributed by atoms with Crippen molar-refractivity contribution in [1.29, 1.82) is 0 Å². The molecule has 1 fully saturated rings. The van der Waals surface area contributed by atoms with Gasteiger partial charge in [-0.3, -0.25) is 24.1 Å². The molecule has 2 aromatic rings. The van der Waals surface area contributed by atoms with Crippen molar-refractivity contribution in [3.8, 4) is 0 Å². The Hall–Kier alpha value is -2.65. The number of fused-ring (bicyclic) bond motifs is 1. The smallest absolute Gasteiger partial charge is 0.251 e. The third-order valence-corrected chi connectivity index (χ3v) is 8.37. The largest absolute Gasteiger partial charge is 0.350 e. The molecule has 0 spiro atoms. The highest BCUT2D eigenvalue weighted by molar-refractivity contribution is 8.04. The lowest BCUT2D eigenvalue weighted by Gasteiger charge is -2.33. The van der Waals surface area contributed by atoms with E-state index in [4.69, 9.17) is 11.6 Å². The molecule has 1 saturated heterocycles. The average Bonchev–Trinajstić information content (AvgIpc) is 3.28. The minimum absolute atomic E-state index is 0. The van der Waals surface area contributed by atoms with Crippen LogP contribution in [0.25, 0.3) is 0 Å². The van der Waals surface area contributed by atoms with E-state index in [2.05, 4.69) is 15.5 Å². The number of hydrogen-bond acceptors (Lipinski definition) is 6. The van der Waals surface area contributed by atoms with Crippen LogP contribution >= 0.6 is 35.8 Å². The highest BCUT2D eigenvalue weighted by Crippen LogP contribution is 2.45. The number of benzene rings is 2. The van der Waals surface area contributed by atoms with E-state index >= 15 is 0 Å². The summed E-state index contributed by atoms with van der Waals surface area (Å²) in [6.45, 7) is 1.96. The maximum absolute atomic E-state index is 13.8. The molecule has 0 bridgehead atoms. The summed E-state index contributed by atoms with van der Waals surface area (Å²) in [5.74, 6) is -1.47. The number of amides is 2. The van der Waals surface area contributed by atoms with Crippen molar-refractivity contribution in [2.24, 2.45) is 0 Å². The van der Waals surface area contributed by atoms with Crippen molar-refractivity contribution in [3.63, 3.8) is 0 Å². The van der Waals surface area contributed by atoms with Crippen LogP contribution in [-0.2, 0) is 16.1 Å². The van der Waals surface area contributed by atoms with E-state index < -0.39 is 17.2 Å². The van der Waals surface area contributed by atoms with Crippen LogP contribution in [0.15, 0.2) is 59.0 Å². The summed E-state index contributed by atoms with van der Waals surface area (Å²) >= 11 is 7.12. The van der Waals surface area contributed by atoms with Gasteiger partial charge in [-0.25, -0.2) is 0 Å². The van der Waals surface area contributed by atoms with Gasteiger partial charge in [-0.1, -0.05) is 54.4 Å². The van der Waals surface area contributed by atoms with Gasteiger partial charge in [0.05, 0.1) is 17.0 Å². The molecule has 10 heteroatoms. The van der Waals surface area contributed by atoms with E-state index in [1.807, 2.05) is 0 Å². The molecule has 2 heterocycles. The molecule has 37 heavy (non-hydrogen) atoms. The van der Waals surface area contributed by atoms with Crippen LogP contribution in [-0.4, -0.2) is 59.2 Å². The first-order valence-corrected chi connectivity index (χ1v) is 13.4. The summed E-state index contributed by atoms with van der Waals surface area (Å²) in [4.78, 5) is 56.2. The van der Waals surface area contributed by atoms with Crippen molar-refractivity contribution < 1.29 is 19.2 Å². The molecule has 0 aromatic heterocycles. The van der Waals surface area contributed by atoms with E-state index in [9.17, 15) is 19.2 Å². The molecular weight excluding hydrogens is 533 g/mol. The minimum Gasteiger partial charge on any atom is -0.350 e. The summed E-state index contributed by atoms with van der Waals surface area (Å²) in [5.41, 5.74) is -0.176. The number of ketones is 2. The Morgan fingerprint density at radius 3 is 2.27 bits per heavy atom. The van der Waals surface area contributed by atoms with Crippen molar-refractivity contribution in [2.75, 3.05) is 25.4 Å². The lowest BCUT2D eigenvalue weighted by Crippen LogP contribution is -2.63. The zero-order chi connectivity index (χ0) is 25.3. The second-order valence-corrected chi connectivity index (χ2v) is 10.7. The number of piperidine rings is 1. The van der Waals surface area contributed by atoms with Gasteiger partial charge in [0, 0.05) is 28.4 Å². The maximum atomic E-state index is 13.8. The number of hydrogen-bond donors (Lipinski definition) is 2. The van der Waals surface area contributed by atoms with Gasteiger partial charge in [0.1, 0.15) is 0 Å². The van der Waals surface area contributed by atoms with Crippen LogP contribution in [0.3, 0.4) is 0 Å². The van der Waals surface area contributed by atoms with Crippen LogP contribution in [0, 0.1) is 0 Å². The number of allylic oxidation sites excluding steroid dienone is 1. The van der Waals surface area contributed by atoms with Gasteiger partial charge in [-0.15, -0.1) is 24.2 Å². The van der Waals surface area contributed by atoms with E-state index in [1.165, 1.54) is 0 Å². The van der Waals surface area contributed by atoms with Crippen molar-refractivity contribution in [1.82, 2.24) is 15.5 Å². The first kappa shape index (κ1) is 27.4. The van der Waals surface area contributed by atoms with Gasteiger partial charge in [-0.2, -0.15) is 0 Å². The van der Waals surface area contributed by atoms with Gasteiger partial charge in [-0.05, 0) is 43.6 Å². The predicted octanol–water partition coefficient (Wildman–Crippen LogP) is 3.80. The maximum Gasteiger partial charge on any atom is 0.251 e. The summed E-state index contributed by atoms with van der Waals surface area (Å²) in [5, 5.41) is 6.36. The summed E-state index contributed by atoms with van der Waals surface area (Å²) < 4.78 is 0. The molecule has 7 nitrogen and oxygen atoms in total. The molecule has 2 N–H and O–H groups in total. The monoisotopic (exact) mass is 559 g/mol. The van der Waals surface area contributed by atoms with Gasteiger partial charge in [0.2, 0.25) is 11.7 Å². The van der Waals surface area contributed by atoms with Gasteiger partial charge in [0.15, 0.2) is 11.3 Å². The molecule has 2 aliphatic heterocycles. The Labute approximate surface area is 230 Å².